The number of carbonyl (C=O) groups is 1. The zero-order valence-electron chi connectivity index (χ0n) is 13.9. The molecule has 24 heavy (non-hydrogen) atoms. The van der Waals surface area contributed by atoms with Gasteiger partial charge >= 0.3 is 0 Å². The van der Waals surface area contributed by atoms with Crippen LogP contribution in [0, 0.1) is 6.92 Å². The van der Waals surface area contributed by atoms with Crippen LogP contribution in [0.15, 0.2) is 42.5 Å². The van der Waals surface area contributed by atoms with Crippen molar-refractivity contribution in [1.82, 2.24) is 5.32 Å². The van der Waals surface area contributed by atoms with Crippen molar-refractivity contribution < 1.29 is 19.0 Å². The molecule has 0 saturated carbocycles. The Hall–Kier alpha value is -2.69. The highest BCUT2D eigenvalue weighted by Crippen LogP contribution is 2.32. The van der Waals surface area contributed by atoms with Gasteiger partial charge in [-0.1, -0.05) is 23.8 Å². The Balaban J connectivity index is 1.55. The fourth-order valence-corrected chi connectivity index (χ4v) is 2.48. The lowest BCUT2D eigenvalue weighted by Gasteiger charge is -2.21. The van der Waals surface area contributed by atoms with E-state index in [1.165, 1.54) is 0 Å². The minimum absolute atomic E-state index is 0.0159. The van der Waals surface area contributed by atoms with Gasteiger partial charge in [-0.3, -0.25) is 4.79 Å². The Morgan fingerprint density at radius 1 is 1.12 bits per heavy atom. The van der Waals surface area contributed by atoms with E-state index >= 15 is 0 Å². The molecule has 1 N–H and O–H groups in total. The van der Waals surface area contributed by atoms with Crippen LogP contribution in [0.5, 0.6) is 17.2 Å². The second kappa shape index (κ2) is 7.25. The summed E-state index contributed by atoms with van der Waals surface area (Å²) >= 11 is 0. The van der Waals surface area contributed by atoms with Crippen LogP contribution in [0.1, 0.15) is 24.1 Å². The second-order valence-electron chi connectivity index (χ2n) is 5.79. The van der Waals surface area contributed by atoms with E-state index in [1.807, 2.05) is 56.3 Å². The summed E-state index contributed by atoms with van der Waals surface area (Å²) in [6.07, 6.45) is 0. The average Bonchev–Trinajstić information content (AvgIpc) is 2.61. The Morgan fingerprint density at radius 2 is 1.83 bits per heavy atom. The maximum atomic E-state index is 12.1. The number of benzene rings is 2. The highest BCUT2D eigenvalue weighted by Gasteiger charge is 2.16. The van der Waals surface area contributed by atoms with Crippen molar-refractivity contribution in [3.63, 3.8) is 0 Å². The van der Waals surface area contributed by atoms with Crippen LogP contribution in [-0.2, 0) is 4.79 Å². The Bertz CT molecular complexity index is 712. The van der Waals surface area contributed by atoms with E-state index in [0.717, 1.165) is 22.6 Å². The summed E-state index contributed by atoms with van der Waals surface area (Å²) in [4.78, 5) is 12.1. The van der Waals surface area contributed by atoms with Crippen LogP contribution in [-0.4, -0.2) is 25.7 Å². The molecule has 0 radical (unpaired) electrons. The average molecular weight is 327 g/mol. The van der Waals surface area contributed by atoms with Gasteiger partial charge in [-0.05, 0) is 43.7 Å². The molecule has 0 saturated heterocycles. The quantitative estimate of drug-likeness (QED) is 0.917. The largest absolute Gasteiger partial charge is 0.486 e. The van der Waals surface area contributed by atoms with Gasteiger partial charge < -0.3 is 19.5 Å². The Morgan fingerprint density at radius 3 is 2.58 bits per heavy atom. The van der Waals surface area contributed by atoms with Gasteiger partial charge in [0.2, 0.25) is 0 Å². The van der Waals surface area contributed by atoms with Gasteiger partial charge in [0.1, 0.15) is 19.0 Å². The molecule has 1 unspecified atom stereocenters. The van der Waals surface area contributed by atoms with Crippen molar-refractivity contribution in [1.29, 1.82) is 0 Å². The molecule has 1 amide bonds. The van der Waals surface area contributed by atoms with Crippen molar-refractivity contribution in [2.24, 2.45) is 0 Å². The summed E-state index contributed by atoms with van der Waals surface area (Å²) in [5, 5.41) is 2.92. The first-order chi connectivity index (χ1) is 11.6. The maximum absolute atomic E-state index is 12.1. The van der Waals surface area contributed by atoms with Crippen molar-refractivity contribution in [2.45, 2.75) is 19.9 Å². The summed E-state index contributed by atoms with van der Waals surface area (Å²) in [5.41, 5.74) is 2.11. The van der Waals surface area contributed by atoms with E-state index in [2.05, 4.69) is 5.32 Å². The zero-order valence-corrected chi connectivity index (χ0v) is 13.9. The van der Waals surface area contributed by atoms with E-state index < -0.39 is 0 Å². The topological polar surface area (TPSA) is 56.8 Å². The number of hydrogen-bond donors (Lipinski definition) is 1. The summed E-state index contributed by atoms with van der Waals surface area (Å²) in [5.74, 6) is 1.97. The Labute approximate surface area is 141 Å². The van der Waals surface area contributed by atoms with Crippen molar-refractivity contribution in [3.8, 4) is 17.2 Å². The SMILES string of the molecule is Cc1ccc(OCC(=O)NC(C)c2ccc3c(c2)OCCO3)cc1. The molecule has 126 valence electrons. The molecule has 1 aliphatic heterocycles. The fourth-order valence-electron chi connectivity index (χ4n) is 2.48. The van der Waals surface area contributed by atoms with Crippen LogP contribution in [0.25, 0.3) is 0 Å². The second-order valence-corrected chi connectivity index (χ2v) is 5.79. The highest BCUT2D eigenvalue weighted by atomic mass is 16.6. The molecule has 1 atom stereocenters. The van der Waals surface area contributed by atoms with Gasteiger partial charge in [-0.2, -0.15) is 0 Å². The smallest absolute Gasteiger partial charge is 0.258 e. The minimum atomic E-state index is -0.169. The van der Waals surface area contributed by atoms with Crippen LogP contribution >= 0.6 is 0 Å². The number of fused-ring (bicyclic) bond motifs is 1. The third kappa shape index (κ3) is 3.98. The van der Waals surface area contributed by atoms with Crippen LogP contribution in [0.3, 0.4) is 0 Å². The van der Waals surface area contributed by atoms with Gasteiger partial charge in [0.15, 0.2) is 18.1 Å². The monoisotopic (exact) mass is 327 g/mol. The van der Waals surface area contributed by atoms with E-state index in [9.17, 15) is 4.79 Å². The molecule has 3 rings (SSSR count). The molecular formula is C19H21NO4. The number of carbonyl (C=O) groups excluding carboxylic acids is 1. The van der Waals surface area contributed by atoms with Crippen LogP contribution in [0.4, 0.5) is 0 Å². The van der Waals surface area contributed by atoms with Crippen molar-refractivity contribution >= 4 is 5.91 Å². The normalized spacial score (nSPS) is 13.9. The third-order valence-electron chi connectivity index (χ3n) is 3.83. The lowest BCUT2D eigenvalue weighted by molar-refractivity contribution is -0.123. The summed E-state index contributed by atoms with van der Waals surface area (Å²) < 4.78 is 16.6. The number of rotatable bonds is 5. The standard InChI is InChI=1S/C19H21NO4/c1-13-3-6-16(7-4-13)24-12-19(21)20-14(2)15-5-8-17-18(11-15)23-10-9-22-17/h3-8,11,14H,9-10,12H2,1-2H3,(H,20,21). The number of ether oxygens (including phenoxy) is 3. The fraction of sp³-hybridized carbons (Fsp3) is 0.316. The van der Waals surface area contributed by atoms with E-state index in [0.29, 0.717) is 19.0 Å². The van der Waals surface area contributed by atoms with Gasteiger partial charge in [0.25, 0.3) is 5.91 Å². The minimum Gasteiger partial charge on any atom is -0.486 e. The molecule has 5 heteroatoms. The maximum Gasteiger partial charge on any atom is 0.258 e. The van der Waals surface area contributed by atoms with E-state index in [-0.39, 0.29) is 18.6 Å². The molecular weight excluding hydrogens is 306 g/mol. The van der Waals surface area contributed by atoms with Crippen LogP contribution in [0.2, 0.25) is 0 Å². The van der Waals surface area contributed by atoms with Gasteiger partial charge in [-0.15, -0.1) is 0 Å². The number of aryl methyl sites for hydroxylation is 1. The van der Waals surface area contributed by atoms with Gasteiger partial charge in [0, 0.05) is 0 Å². The van der Waals surface area contributed by atoms with Crippen LogP contribution < -0.4 is 19.5 Å². The lowest BCUT2D eigenvalue weighted by Crippen LogP contribution is -2.31. The lowest BCUT2D eigenvalue weighted by atomic mass is 10.1. The van der Waals surface area contributed by atoms with E-state index in [4.69, 9.17) is 14.2 Å². The van der Waals surface area contributed by atoms with Crippen molar-refractivity contribution in [3.05, 3.63) is 53.6 Å². The Kier molecular flexibility index (Phi) is 4.89. The summed E-state index contributed by atoms with van der Waals surface area (Å²) in [6, 6.07) is 13.2. The third-order valence-corrected chi connectivity index (χ3v) is 3.83. The molecule has 5 nitrogen and oxygen atoms in total. The molecule has 1 aliphatic rings. The van der Waals surface area contributed by atoms with E-state index in [1.54, 1.807) is 0 Å². The van der Waals surface area contributed by atoms with Crippen molar-refractivity contribution in [2.75, 3.05) is 19.8 Å². The molecule has 0 aliphatic carbocycles. The molecule has 0 bridgehead atoms. The molecule has 2 aromatic carbocycles. The van der Waals surface area contributed by atoms with Gasteiger partial charge in [0.05, 0.1) is 6.04 Å². The first-order valence-electron chi connectivity index (χ1n) is 8.00. The number of nitrogens with one attached hydrogen (secondary N) is 1. The molecule has 0 fully saturated rings. The zero-order chi connectivity index (χ0) is 16.9. The molecule has 1 heterocycles. The molecule has 0 spiro atoms. The first-order valence-corrected chi connectivity index (χ1v) is 8.00. The first kappa shape index (κ1) is 16.2. The van der Waals surface area contributed by atoms with Gasteiger partial charge in [-0.25, -0.2) is 0 Å². The predicted octanol–water partition coefficient (Wildman–Crippen LogP) is 3.02. The highest BCUT2D eigenvalue weighted by molar-refractivity contribution is 5.78. The summed E-state index contributed by atoms with van der Waals surface area (Å²) in [6.45, 7) is 5.02. The number of amides is 1. The molecule has 2 aromatic rings. The predicted molar refractivity (Wildman–Crippen MR) is 90.7 cm³/mol. The molecule has 0 aromatic heterocycles. The number of hydrogen-bond acceptors (Lipinski definition) is 4. The summed E-state index contributed by atoms with van der Waals surface area (Å²) in [7, 11) is 0.